The fourth-order valence-corrected chi connectivity index (χ4v) is 3.06. The zero-order valence-electron chi connectivity index (χ0n) is 20.8. The van der Waals surface area contributed by atoms with Crippen LogP contribution in [0.5, 0.6) is 0 Å². The van der Waals surface area contributed by atoms with Crippen molar-refractivity contribution < 1.29 is 47.7 Å². The minimum atomic E-state index is -0.892. The lowest BCUT2D eigenvalue weighted by atomic mass is 10.1. The summed E-state index contributed by atoms with van der Waals surface area (Å²) in [6.45, 7) is -0.809. The van der Waals surface area contributed by atoms with E-state index in [1.807, 2.05) is 0 Å². The molecule has 1 aliphatic rings. The minimum Gasteiger partial charge on any atom is -0.463 e. The first-order valence-electron chi connectivity index (χ1n) is 12.0. The summed E-state index contributed by atoms with van der Waals surface area (Å²) in [5.41, 5.74) is 0.593. The molecule has 204 valence electrons. The van der Waals surface area contributed by atoms with Crippen molar-refractivity contribution in [2.24, 2.45) is 0 Å². The van der Waals surface area contributed by atoms with Gasteiger partial charge in [0.1, 0.15) is 0 Å². The van der Waals surface area contributed by atoms with Crippen LogP contribution in [-0.4, -0.2) is 62.1 Å². The highest BCUT2D eigenvalue weighted by Gasteiger charge is 2.10. The van der Waals surface area contributed by atoms with E-state index in [4.69, 9.17) is 18.9 Å². The summed E-state index contributed by atoms with van der Waals surface area (Å²) in [7, 11) is 0. The number of anilines is 2. The fraction of sp³-hybridized carbons (Fsp3) is 0.385. The Morgan fingerprint density at radius 3 is 1.29 bits per heavy atom. The predicted molar refractivity (Wildman–Crippen MR) is 134 cm³/mol. The van der Waals surface area contributed by atoms with Gasteiger partial charge in [0.2, 0.25) is 0 Å². The molecule has 0 aliphatic carbocycles. The van der Waals surface area contributed by atoms with Crippen LogP contribution in [0.1, 0.15) is 38.5 Å². The summed E-state index contributed by atoms with van der Waals surface area (Å²) in [5, 5.41) is 4.98. The van der Waals surface area contributed by atoms with Crippen LogP contribution in [0.4, 0.5) is 11.4 Å². The second-order valence-corrected chi connectivity index (χ2v) is 8.02. The van der Waals surface area contributed by atoms with Crippen LogP contribution in [-0.2, 0) is 47.7 Å². The molecule has 0 unspecified atom stereocenters. The quantitative estimate of drug-likeness (QED) is 0.375. The number of fused-ring (bicyclic) bond motifs is 2. The van der Waals surface area contributed by atoms with Crippen molar-refractivity contribution in [3.05, 3.63) is 48.6 Å². The highest BCUT2D eigenvalue weighted by Crippen LogP contribution is 2.15. The molecular weight excluding hydrogens is 500 g/mol. The number of amides is 2. The van der Waals surface area contributed by atoms with Gasteiger partial charge >= 0.3 is 23.9 Å². The van der Waals surface area contributed by atoms with Crippen LogP contribution in [0.2, 0.25) is 0 Å². The van der Waals surface area contributed by atoms with E-state index < -0.39 is 48.9 Å². The van der Waals surface area contributed by atoms with Gasteiger partial charge in [-0.1, -0.05) is 31.7 Å². The van der Waals surface area contributed by atoms with E-state index in [1.54, 1.807) is 6.07 Å². The molecule has 2 bridgehead atoms. The molecule has 1 aromatic carbocycles. The normalized spacial score (nSPS) is 20.0. The van der Waals surface area contributed by atoms with E-state index in [2.05, 4.69) is 10.6 Å². The lowest BCUT2D eigenvalue weighted by molar-refractivity contribution is -0.143. The van der Waals surface area contributed by atoms with E-state index in [-0.39, 0.29) is 13.2 Å². The molecule has 2 N–H and O–H groups in total. The Balaban J connectivity index is 1.94. The molecule has 2 amide bonds. The maximum Gasteiger partial charge on any atom is 0.331 e. The molecule has 1 heterocycles. The van der Waals surface area contributed by atoms with Crippen LogP contribution in [0.3, 0.4) is 0 Å². The second kappa shape index (κ2) is 17.1. The SMILES string of the molecule is O=C1COC(=O)/C=C\C(=O)OCCCCCCCCOC(=O)/C=C\C(=O)OCC(=O)Nc2cccc(c2)N1. The van der Waals surface area contributed by atoms with Crippen molar-refractivity contribution in [3.8, 4) is 0 Å². The molecule has 0 atom stereocenters. The Bertz CT molecular complexity index is 985. The highest BCUT2D eigenvalue weighted by atomic mass is 16.5. The molecule has 12 nitrogen and oxygen atoms in total. The van der Waals surface area contributed by atoms with Gasteiger partial charge in [0.15, 0.2) is 13.2 Å². The first-order valence-corrected chi connectivity index (χ1v) is 12.0. The first-order chi connectivity index (χ1) is 18.3. The Morgan fingerprint density at radius 1 is 0.500 bits per heavy atom. The van der Waals surface area contributed by atoms with E-state index in [0.717, 1.165) is 50.0 Å². The van der Waals surface area contributed by atoms with Crippen LogP contribution >= 0.6 is 0 Å². The van der Waals surface area contributed by atoms with E-state index >= 15 is 0 Å². The summed E-state index contributed by atoms with van der Waals surface area (Å²) in [6.07, 6.45) is 8.38. The average molecular weight is 531 g/mol. The number of carbonyl (C=O) groups is 6. The van der Waals surface area contributed by atoms with Crippen LogP contribution < -0.4 is 10.6 Å². The van der Waals surface area contributed by atoms with Gasteiger partial charge < -0.3 is 29.6 Å². The number of ether oxygens (including phenoxy) is 4. The third kappa shape index (κ3) is 13.6. The van der Waals surface area contributed by atoms with Crippen molar-refractivity contribution in [2.45, 2.75) is 38.5 Å². The summed E-state index contributed by atoms with van der Waals surface area (Å²) in [6, 6.07) is 6.06. The van der Waals surface area contributed by atoms with E-state index in [1.165, 1.54) is 18.2 Å². The number of hydrogen-bond acceptors (Lipinski definition) is 10. The van der Waals surface area contributed by atoms with Crippen molar-refractivity contribution in [1.29, 1.82) is 0 Å². The van der Waals surface area contributed by atoms with Crippen molar-refractivity contribution >= 4 is 47.1 Å². The number of esters is 4. The summed E-state index contributed by atoms with van der Waals surface area (Å²) >= 11 is 0. The Labute approximate surface area is 219 Å². The van der Waals surface area contributed by atoms with Crippen LogP contribution in [0.15, 0.2) is 48.6 Å². The molecule has 0 spiro atoms. The maximum absolute atomic E-state index is 12.1. The van der Waals surface area contributed by atoms with E-state index in [0.29, 0.717) is 24.2 Å². The fourth-order valence-electron chi connectivity index (χ4n) is 3.06. The molecule has 1 aromatic rings. The van der Waals surface area contributed by atoms with Crippen molar-refractivity contribution in [2.75, 3.05) is 37.1 Å². The van der Waals surface area contributed by atoms with Gasteiger partial charge in [-0.15, -0.1) is 0 Å². The van der Waals surface area contributed by atoms with Crippen LogP contribution in [0.25, 0.3) is 0 Å². The number of cyclic esters (lactones) is 4. The summed E-state index contributed by atoms with van der Waals surface area (Å²) in [4.78, 5) is 71.0. The van der Waals surface area contributed by atoms with Crippen molar-refractivity contribution in [1.82, 2.24) is 0 Å². The largest absolute Gasteiger partial charge is 0.463 e. The monoisotopic (exact) mass is 530 g/mol. The third-order valence-electron chi connectivity index (χ3n) is 4.86. The number of carbonyl (C=O) groups excluding carboxylic acids is 6. The molecule has 0 saturated carbocycles. The zero-order chi connectivity index (χ0) is 27.6. The highest BCUT2D eigenvalue weighted by molar-refractivity contribution is 5.98. The molecule has 0 saturated heterocycles. The molecule has 38 heavy (non-hydrogen) atoms. The Kier molecular flexibility index (Phi) is 13.4. The average Bonchev–Trinajstić information content (AvgIpc) is 2.89. The Morgan fingerprint density at radius 2 is 0.868 bits per heavy atom. The molecule has 0 radical (unpaired) electrons. The van der Waals surface area contributed by atoms with Gasteiger partial charge in [-0.25, -0.2) is 19.2 Å². The lowest BCUT2D eigenvalue weighted by Gasteiger charge is -2.09. The third-order valence-corrected chi connectivity index (χ3v) is 4.86. The molecule has 0 fully saturated rings. The van der Waals surface area contributed by atoms with Gasteiger partial charge in [0.05, 0.1) is 13.2 Å². The van der Waals surface area contributed by atoms with Crippen LogP contribution in [0, 0.1) is 0 Å². The molecule has 1 aliphatic heterocycles. The molecule has 12 heteroatoms. The summed E-state index contributed by atoms with van der Waals surface area (Å²) in [5.74, 6) is -4.48. The number of benzene rings is 1. The Hall–Kier alpha value is -4.48. The number of nitrogens with one attached hydrogen (secondary N) is 2. The van der Waals surface area contributed by atoms with Gasteiger partial charge in [0, 0.05) is 35.7 Å². The van der Waals surface area contributed by atoms with Gasteiger partial charge in [-0.2, -0.15) is 0 Å². The predicted octanol–water partition coefficient (Wildman–Crippen LogP) is 2.20. The topological polar surface area (TPSA) is 163 Å². The van der Waals surface area contributed by atoms with Gasteiger partial charge in [-0.3, -0.25) is 9.59 Å². The lowest BCUT2D eigenvalue weighted by Crippen LogP contribution is -2.21. The first kappa shape index (κ1) is 29.7. The van der Waals surface area contributed by atoms with Gasteiger partial charge in [-0.05, 0) is 31.0 Å². The molecular formula is C26H30N2O10. The number of hydrogen-bond donors (Lipinski definition) is 2. The second-order valence-electron chi connectivity index (χ2n) is 8.02. The smallest absolute Gasteiger partial charge is 0.331 e. The molecule has 2 rings (SSSR count). The van der Waals surface area contributed by atoms with E-state index in [9.17, 15) is 28.8 Å². The zero-order valence-corrected chi connectivity index (χ0v) is 20.8. The number of rotatable bonds is 0. The standard InChI is InChI=1S/C26H30N2O10/c29-21-17-37-25(33)12-10-23(31)35-14-5-3-1-2-4-6-15-36-24(32)11-13-26(34)38-18-22(30)28-20-9-7-8-19(16-20)27-21/h7-13,16H,1-6,14-15,17-18H2,(H,27,29)(H,28,30)/b12-10-,13-11-. The maximum atomic E-state index is 12.1. The summed E-state index contributed by atoms with van der Waals surface area (Å²) < 4.78 is 19.6. The van der Waals surface area contributed by atoms with Gasteiger partial charge in [0.25, 0.3) is 11.8 Å². The van der Waals surface area contributed by atoms with Crippen molar-refractivity contribution in [3.63, 3.8) is 0 Å². The molecule has 0 aromatic heterocycles. The minimum absolute atomic E-state index is 0.201.